The van der Waals surface area contributed by atoms with Gasteiger partial charge in [0.1, 0.15) is 11.5 Å². The Morgan fingerprint density at radius 3 is 2.31 bits per heavy atom. The molecule has 3 aromatic heterocycles. The van der Waals surface area contributed by atoms with Gasteiger partial charge < -0.3 is 18.9 Å². The number of nitrogens with zero attached hydrogens (tertiary/aromatic N) is 7. The molecule has 0 aliphatic rings. The summed E-state index contributed by atoms with van der Waals surface area (Å²) in [4.78, 5) is 16.0. The van der Waals surface area contributed by atoms with Gasteiger partial charge in [-0.15, -0.1) is 0 Å². The van der Waals surface area contributed by atoms with E-state index in [1.54, 1.807) is 37.5 Å². The van der Waals surface area contributed by atoms with Crippen molar-refractivity contribution in [1.29, 1.82) is 0 Å². The van der Waals surface area contributed by atoms with Crippen molar-refractivity contribution in [3.63, 3.8) is 0 Å². The van der Waals surface area contributed by atoms with Crippen molar-refractivity contribution >= 4 is 28.1 Å². The number of rotatable bonds is 7. The maximum atomic E-state index is 5.53. The van der Waals surface area contributed by atoms with E-state index in [0.717, 1.165) is 39.5 Å². The Kier molecular flexibility index (Phi) is 5.66. The first-order valence-corrected chi connectivity index (χ1v) is 10.9. The van der Waals surface area contributed by atoms with Gasteiger partial charge in [0.25, 0.3) is 0 Å². The number of aromatic nitrogens is 6. The van der Waals surface area contributed by atoms with Crippen LogP contribution < -0.4 is 14.4 Å². The zero-order chi connectivity index (χ0) is 24.5. The highest BCUT2D eigenvalue weighted by Crippen LogP contribution is 2.38. The zero-order valence-electron chi connectivity index (χ0n) is 20.0. The predicted molar refractivity (Wildman–Crippen MR) is 136 cm³/mol. The molecule has 35 heavy (non-hydrogen) atoms. The highest BCUT2D eigenvalue weighted by atomic mass is 16.5. The predicted octanol–water partition coefficient (Wildman–Crippen LogP) is 4.59. The lowest BCUT2D eigenvalue weighted by Crippen LogP contribution is -2.17. The summed E-state index contributed by atoms with van der Waals surface area (Å²) in [5.74, 6) is 2.05. The Bertz CT molecular complexity index is 1510. The van der Waals surface area contributed by atoms with Crippen molar-refractivity contribution in [3.05, 3.63) is 79.8 Å². The van der Waals surface area contributed by atoms with Crippen molar-refractivity contribution in [1.82, 2.24) is 29.3 Å². The molecule has 0 spiro atoms. The second-order valence-corrected chi connectivity index (χ2v) is 8.05. The molecule has 0 aliphatic heterocycles. The fraction of sp³-hybridized carbons (Fsp3) is 0.154. The molecule has 0 aliphatic carbocycles. The summed E-state index contributed by atoms with van der Waals surface area (Å²) in [7, 11) is 7.06. The molecule has 0 N–H and O–H groups in total. The topological polar surface area (TPSA) is 83.1 Å². The molecule has 0 fully saturated rings. The van der Waals surface area contributed by atoms with Crippen LogP contribution in [0.1, 0.15) is 5.82 Å². The van der Waals surface area contributed by atoms with Crippen LogP contribution in [0.2, 0.25) is 0 Å². The Morgan fingerprint density at radius 2 is 1.69 bits per heavy atom. The highest BCUT2D eigenvalue weighted by molar-refractivity contribution is 5.90. The van der Waals surface area contributed by atoms with E-state index in [-0.39, 0.29) is 0 Å². The van der Waals surface area contributed by atoms with E-state index < -0.39 is 0 Å². The van der Waals surface area contributed by atoms with E-state index >= 15 is 0 Å². The van der Waals surface area contributed by atoms with E-state index in [2.05, 4.69) is 21.6 Å². The Hall–Kier alpha value is -4.66. The van der Waals surface area contributed by atoms with Crippen LogP contribution in [0.25, 0.3) is 28.0 Å². The first kappa shape index (κ1) is 22.1. The third-order valence-electron chi connectivity index (χ3n) is 5.73. The van der Waals surface area contributed by atoms with Gasteiger partial charge in [-0.2, -0.15) is 5.10 Å². The third-order valence-corrected chi connectivity index (χ3v) is 5.73. The molecule has 176 valence electrons. The van der Waals surface area contributed by atoms with Crippen LogP contribution in [0.4, 0.5) is 11.4 Å². The smallest absolute Gasteiger partial charge is 0.156 e. The van der Waals surface area contributed by atoms with Crippen LogP contribution in [0.5, 0.6) is 11.5 Å². The lowest BCUT2D eigenvalue weighted by atomic mass is 10.1. The van der Waals surface area contributed by atoms with Gasteiger partial charge in [0, 0.05) is 62.1 Å². The average Bonchev–Trinajstić information content (AvgIpc) is 3.51. The normalized spacial score (nSPS) is 11.0. The van der Waals surface area contributed by atoms with Gasteiger partial charge in [0.15, 0.2) is 5.82 Å². The Labute approximate surface area is 202 Å². The number of anilines is 2. The van der Waals surface area contributed by atoms with Crippen molar-refractivity contribution in [2.24, 2.45) is 14.1 Å². The van der Waals surface area contributed by atoms with Crippen LogP contribution in [0.15, 0.2) is 74.0 Å². The number of hydrogen-bond acceptors (Lipinski definition) is 7. The largest absolute Gasteiger partial charge is 0.497 e. The number of methoxy groups -OCH3 is 2. The summed E-state index contributed by atoms with van der Waals surface area (Å²) in [5.41, 5.74) is 5.52. The van der Waals surface area contributed by atoms with Crippen LogP contribution in [0, 0.1) is 0 Å². The molecule has 2 aromatic carbocycles. The molecule has 9 heteroatoms. The number of fused-ring (bicyclic) bond motifs is 1. The molecule has 0 radical (unpaired) electrons. The van der Waals surface area contributed by atoms with Gasteiger partial charge in [-0.3, -0.25) is 9.67 Å². The second-order valence-electron chi connectivity index (χ2n) is 8.05. The molecule has 0 bridgehead atoms. The third kappa shape index (κ3) is 4.19. The fourth-order valence-corrected chi connectivity index (χ4v) is 3.96. The summed E-state index contributed by atoms with van der Waals surface area (Å²) in [6, 6.07) is 11.6. The van der Waals surface area contributed by atoms with Gasteiger partial charge in [0.2, 0.25) is 0 Å². The molecule has 0 amide bonds. The van der Waals surface area contributed by atoms with Crippen LogP contribution in [0.3, 0.4) is 0 Å². The summed E-state index contributed by atoms with van der Waals surface area (Å²) in [6.45, 7) is 4.38. The molecular formula is C26H25N7O2. The SMILES string of the molecule is C=C(c1nccn1C)N(c1cc(OC)cc(OC)c1)c1ccc2ncc(-c3cnn(C)c3)nc2c1. The van der Waals surface area contributed by atoms with E-state index in [9.17, 15) is 0 Å². The number of ether oxygens (including phenoxy) is 2. The minimum Gasteiger partial charge on any atom is -0.497 e. The lowest BCUT2D eigenvalue weighted by Gasteiger charge is -2.27. The fourth-order valence-electron chi connectivity index (χ4n) is 3.96. The van der Waals surface area contributed by atoms with Crippen molar-refractivity contribution in [2.75, 3.05) is 19.1 Å². The summed E-state index contributed by atoms with van der Waals surface area (Å²) >= 11 is 0. The van der Waals surface area contributed by atoms with E-state index in [0.29, 0.717) is 17.2 Å². The average molecular weight is 468 g/mol. The Morgan fingerprint density at radius 1 is 0.914 bits per heavy atom. The number of imidazole rings is 1. The first-order chi connectivity index (χ1) is 17.0. The van der Waals surface area contributed by atoms with E-state index in [4.69, 9.17) is 14.5 Å². The van der Waals surface area contributed by atoms with Gasteiger partial charge in [-0.1, -0.05) is 6.58 Å². The number of aryl methyl sites for hydroxylation is 2. The molecule has 0 saturated carbocycles. The molecule has 3 heterocycles. The van der Waals surface area contributed by atoms with Crippen molar-refractivity contribution in [3.8, 4) is 22.8 Å². The van der Waals surface area contributed by atoms with E-state index in [1.807, 2.05) is 72.4 Å². The second kappa shape index (κ2) is 8.94. The molecule has 9 nitrogen and oxygen atoms in total. The van der Waals surface area contributed by atoms with Crippen molar-refractivity contribution in [2.45, 2.75) is 0 Å². The van der Waals surface area contributed by atoms with Gasteiger partial charge in [-0.25, -0.2) is 9.97 Å². The molecule has 0 saturated heterocycles. The van der Waals surface area contributed by atoms with Gasteiger partial charge in [0.05, 0.1) is 54.7 Å². The zero-order valence-corrected chi connectivity index (χ0v) is 20.0. The highest BCUT2D eigenvalue weighted by Gasteiger charge is 2.20. The number of benzene rings is 2. The molecule has 5 rings (SSSR count). The maximum absolute atomic E-state index is 5.53. The maximum Gasteiger partial charge on any atom is 0.156 e. The monoisotopic (exact) mass is 467 g/mol. The van der Waals surface area contributed by atoms with Crippen LogP contribution in [-0.4, -0.2) is 43.5 Å². The Balaban J connectivity index is 1.67. The van der Waals surface area contributed by atoms with Gasteiger partial charge in [-0.05, 0) is 18.2 Å². The summed E-state index contributed by atoms with van der Waals surface area (Å²) in [6.07, 6.45) is 9.08. The molecule has 0 atom stereocenters. The quantitative estimate of drug-likeness (QED) is 0.346. The van der Waals surface area contributed by atoms with Crippen molar-refractivity contribution < 1.29 is 9.47 Å². The molecular weight excluding hydrogens is 442 g/mol. The minimum absolute atomic E-state index is 0.663. The molecule has 5 aromatic rings. The first-order valence-electron chi connectivity index (χ1n) is 10.9. The lowest BCUT2D eigenvalue weighted by molar-refractivity contribution is 0.394. The standard InChI is InChI=1S/C26H25N7O2/c1-17(26-27-8-9-31(26)2)33(20-10-21(34-4)13-22(11-20)35-5)19-6-7-23-24(12-19)30-25(15-28-23)18-14-29-32(3)16-18/h6-16H,1H2,2-5H3. The molecule has 0 unspecified atom stereocenters. The minimum atomic E-state index is 0.663. The summed E-state index contributed by atoms with van der Waals surface area (Å²) in [5, 5.41) is 4.25. The van der Waals surface area contributed by atoms with E-state index in [1.165, 1.54) is 0 Å². The summed E-state index contributed by atoms with van der Waals surface area (Å²) < 4.78 is 14.7. The van der Waals surface area contributed by atoms with Crippen LogP contribution in [-0.2, 0) is 14.1 Å². The number of hydrogen-bond donors (Lipinski definition) is 0. The van der Waals surface area contributed by atoms with Crippen LogP contribution >= 0.6 is 0 Å². The van der Waals surface area contributed by atoms with Gasteiger partial charge >= 0.3 is 0 Å².